The van der Waals surface area contributed by atoms with Crippen LogP contribution >= 0.6 is 0 Å². The first-order chi connectivity index (χ1) is 8.95. The third-order valence-electron chi connectivity index (χ3n) is 2.55. The van der Waals surface area contributed by atoms with E-state index in [0.29, 0.717) is 0 Å². The maximum atomic E-state index is 12.5. The molecule has 0 amide bonds. The number of hydrogen-bond donors (Lipinski definition) is 2. The lowest BCUT2D eigenvalue weighted by Gasteiger charge is -2.23. The Morgan fingerprint density at radius 2 is 1.85 bits per heavy atom. The van der Waals surface area contributed by atoms with E-state index in [-0.39, 0.29) is 12.1 Å². The van der Waals surface area contributed by atoms with Crippen LogP contribution in [0, 0.1) is 0 Å². The normalized spacial score (nSPS) is 13.5. The van der Waals surface area contributed by atoms with Crippen molar-refractivity contribution in [2.75, 3.05) is 6.54 Å². The molecule has 0 radical (unpaired) electrons. The molecular formula is C12H17F3N2O2S. The third kappa shape index (κ3) is 5.10. The van der Waals surface area contributed by atoms with Crippen molar-refractivity contribution in [3.05, 3.63) is 35.4 Å². The molecule has 0 aliphatic carbocycles. The summed E-state index contributed by atoms with van der Waals surface area (Å²) >= 11 is 0. The van der Waals surface area contributed by atoms with Crippen molar-refractivity contribution in [2.45, 2.75) is 31.3 Å². The van der Waals surface area contributed by atoms with Crippen LogP contribution in [0.2, 0.25) is 0 Å². The van der Waals surface area contributed by atoms with Crippen molar-refractivity contribution in [3.8, 4) is 0 Å². The molecule has 8 heteroatoms. The van der Waals surface area contributed by atoms with Crippen LogP contribution in [0.1, 0.15) is 25.0 Å². The van der Waals surface area contributed by atoms with E-state index in [9.17, 15) is 21.6 Å². The minimum absolute atomic E-state index is 0.0696. The van der Waals surface area contributed by atoms with Gasteiger partial charge in [-0.3, -0.25) is 0 Å². The molecule has 0 aliphatic rings. The van der Waals surface area contributed by atoms with Crippen LogP contribution in [-0.4, -0.2) is 20.5 Å². The summed E-state index contributed by atoms with van der Waals surface area (Å²) in [5.41, 5.74) is 3.76. The SMILES string of the molecule is CC(C)(CN)NS(=O)(=O)Cc1cccc(C(F)(F)F)c1. The fraction of sp³-hybridized carbons (Fsp3) is 0.500. The second-order valence-corrected chi connectivity index (χ2v) is 6.87. The highest BCUT2D eigenvalue weighted by molar-refractivity contribution is 7.88. The largest absolute Gasteiger partial charge is 0.416 e. The number of benzene rings is 1. The van der Waals surface area contributed by atoms with Crippen LogP contribution in [0.3, 0.4) is 0 Å². The second-order valence-electron chi connectivity index (χ2n) is 5.15. The monoisotopic (exact) mass is 310 g/mol. The summed E-state index contributed by atoms with van der Waals surface area (Å²) < 4.78 is 63.8. The van der Waals surface area contributed by atoms with Gasteiger partial charge in [-0.25, -0.2) is 13.1 Å². The zero-order valence-corrected chi connectivity index (χ0v) is 12.0. The Hall–Kier alpha value is -1.12. The molecule has 0 spiro atoms. The Morgan fingerprint density at radius 3 is 2.35 bits per heavy atom. The highest BCUT2D eigenvalue weighted by Crippen LogP contribution is 2.29. The van der Waals surface area contributed by atoms with Crippen LogP contribution in [0.4, 0.5) is 13.2 Å². The van der Waals surface area contributed by atoms with Crippen LogP contribution in [0.25, 0.3) is 0 Å². The van der Waals surface area contributed by atoms with Gasteiger partial charge in [0.1, 0.15) is 0 Å². The molecule has 0 saturated heterocycles. The van der Waals surface area contributed by atoms with Crippen molar-refractivity contribution < 1.29 is 21.6 Å². The molecule has 0 aromatic heterocycles. The summed E-state index contributed by atoms with van der Waals surface area (Å²) in [6.07, 6.45) is -4.50. The number of hydrogen-bond acceptors (Lipinski definition) is 3. The lowest BCUT2D eigenvalue weighted by Crippen LogP contribution is -2.49. The fourth-order valence-corrected chi connectivity index (χ4v) is 3.17. The van der Waals surface area contributed by atoms with Gasteiger partial charge in [0.25, 0.3) is 0 Å². The summed E-state index contributed by atoms with van der Waals surface area (Å²) in [5.74, 6) is -0.527. The van der Waals surface area contributed by atoms with Gasteiger partial charge in [0.15, 0.2) is 0 Å². The van der Waals surface area contributed by atoms with Crippen LogP contribution in [0.15, 0.2) is 24.3 Å². The van der Waals surface area contributed by atoms with Crippen molar-refractivity contribution in [1.29, 1.82) is 0 Å². The minimum atomic E-state index is -4.50. The molecule has 0 atom stereocenters. The number of sulfonamides is 1. The number of nitrogens with two attached hydrogens (primary N) is 1. The lowest BCUT2D eigenvalue weighted by atomic mass is 10.1. The van der Waals surface area contributed by atoms with E-state index in [4.69, 9.17) is 5.73 Å². The summed E-state index contributed by atoms with van der Waals surface area (Å²) in [5, 5.41) is 0. The van der Waals surface area contributed by atoms with Gasteiger partial charge in [0.05, 0.1) is 11.3 Å². The van der Waals surface area contributed by atoms with Crippen molar-refractivity contribution in [1.82, 2.24) is 4.72 Å². The number of halogens is 3. The van der Waals surface area contributed by atoms with Gasteiger partial charge in [-0.2, -0.15) is 13.2 Å². The fourth-order valence-electron chi connectivity index (χ4n) is 1.56. The molecule has 0 saturated carbocycles. The first-order valence-corrected chi connectivity index (χ1v) is 7.48. The smallest absolute Gasteiger partial charge is 0.329 e. The van der Waals surface area contributed by atoms with Gasteiger partial charge in [-0.15, -0.1) is 0 Å². The minimum Gasteiger partial charge on any atom is -0.329 e. The molecule has 0 unspecified atom stereocenters. The molecule has 1 aromatic rings. The lowest BCUT2D eigenvalue weighted by molar-refractivity contribution is -0.137. The molecule has 20 heavy (non-hydrogen) atoms. The highest BCUT2D eigenvalue weighted by atomic mass is 32.2. The summed E-state index contributed by atoms with van der Waals surface area (Å²) in [6, 6.07) is 4.24. The van der Waals surface area contributed by atoms with E-state index in [2.05, 4.69) is 4.72 Å². The van der Waals surface area contributed by atoms with Gasteiger partial charge < -0.3 is 5.73 Å². The molecule has 3 N–H and O–H groups in total. The van der Waals surface area contributed by atoms with Gasteiger partial charge >= 0.3 is 6.18 Å². The summed E-state index contributed by atoms with van der Waals surface area (Å²) in [7, 11) is -3.76. The molecule has 1 rings (SSSR count). The predicted molar refractivity (Wildman–Crippen MR) is 70.3 cm³/mol. The Bertz CT molecular complexity index is 568. The van der Waals surface area contributed by atoms with Crippen molar-refractivity contribution in [3.63, 3.8) is 0 Å². The second kappa shape index (κ2) is 5.71. The van der Waals surface area contributed by atoms with Crippen molar-refractivity contribution in [2.24, 2.45) is 5.73 Å². The van der Waals surface area contributed by atoms with Crippen molar-refractivity contribution >= 4 is 10.0 Å². The Labute approximate surface area is 116 Å². The Kier molecular flexibility index (Phi) is 4.83. The number of alkyl halides is 3. The standard InChI is InChI=1S/C12H17F3N2O2S/c1-11(2,8-16)17-20(18,19)7-9-4-3-5-10(6-9)12(13,14)15/h3-6,17H,7-8,16H2,1-2H3. The van der Waals surface area contributed by atoms with E-state index >= 15 is 0 Å². The molecule has 0 aliphatic heterocycles. The third-order valence-corrected chi connectivity index (χ3v) is 4.13. The predicted octanol–water partition coefficient (Wildman–Crippen LogP) is 1.86. The van der Waals surface area contributed by atoms with E-state index in [1.807, 2.05) is 0 Å². The molecule has 0 bridgehead atoms. The summed E-state index contributed by atoms with van der Waals surface area (Å²) in [4.78, 5) is 0. The molecule has 4 nitrogen and oxygen atoms in total. The van der Waals surface area contributed by atoms with Crippen LogP contribution < -0.4 is 10.5 Å². The van der Waals surface area contributed by atoms with Gasteiger partial charge in [-0.05, 0) is 25.5 Å². The maximum absolute atomic E-state index is 12.5. The topological polar surface area (TPSA) is 72.2 Å². The van der Waals surface area contributed by atoms with Crippen LogP contribution in [0.5, 0.6) is 0 Å². The van der Waals surface area contributed by atoms with Crippen LogP contribution in [-0.2, 0) is 22.0 Å². The zero-order valence-electron chi connectivity index (χ0n) is 11.2. The van der Waals surface area contributed by atoms with Gasteiger partial charge in [-0.1, -0.05) is 18.2 Å². The quantitative estimate of drug-likeness (QED) is 0.872. The van der Waals surface area contributed by atoms with E-state index in [1.54, 1.807) is 13.8 Å². The van der Waals surface area contributed by atoms with E-state index in [1.165, 1.54) is 12.1 Å². The first-order valence-electron chi connectivity index (χ1n) is 5.83. The zero-order chi connectivity index (χ0) is 15.6. The molecule has 0 fully saturated rings. The Balaban J connectivity index is 2.94. The molecule has 0 heterocycles. The maximum Gasteiger partial charge on any atom is 0.416 e. The van der Waals surface area contributed by atoms with Gasteiger partial charge in [0, 0.05) is 12.1 Å². The van der Waals surface area contributed by atoms with E-state index < -0.39 is 33.1 Å². The average Bonchev–Trinajstić information content (AvgIpc) is 2.26. The number of nitrogens with one attached hydrogen (secondary N) is 1. The van der Waals surface area contributed by atoms with Gasteiger partial charge in [0.2, 0.25) is 10.0 Å². The average molecular weight is 310 g/mol. The highest BCUT2D eigenvalue weighted by Gasteiger charge is 2.31. The summed E-state index contributed by atoms with van der Waals surface area (Å²) in [6.45, 7) is 3.27. The molecular weight excluding hydrogens is 293 g/mol. The number of rotatable bonds is 5. The molecule has 1 aromatic carbocycles. The Morgan fingerprint density at radius 1 is 1.25 bits per heavy atom. The first kappa shape index (κ1) is 16.9. The van der Waals surface area contributed by atoms with E-state index in [0.717, 1.165) is 12.1 Å². The molecule has 114 valence electrons.